The van der Waals surface area contributed by atoms with E-state index in [9.17, 15) is 4.79 Å². The van der Waals surface area contributed by atoms with Crippen LogP contribution in [0.5, 0.6) is 11.5 Å². The van der Waals surface area contributed by atoms with Gasteiger partial charge in [0.25, 0.3) is 5.91 Å². The van der Waals surface area contributed by atoms with Crippen LogP contribution in [0.4, 0.5) is 0 Å². The molecule has 0 aromatic heterocycles. The van der Waals surface area contributed by atoms with Crippen LogP contribution in [0, 0.1) is 0 Å². The van der Waals surface area contributed by atoms with Gasteiger partial charge < -0.3 is 9.47 Å². The first-order chi connectivity index (χ1) is 11.5. The Kier molecular flexibility index (Phi) is 6.37. The molecule has 0 bridgehead atoms. The first-order valence-corrected chi connectivity index (χ1v) is 8.22. The third-order valence-electron chi connectivity index (χ3n) is 3.02. The second-order valence-corrected chi connectivity index (χ2v) is 6.20. The Hall–Kier alpha value is -2.34. The summed E-state index contributed by atoms with van der Waals surface area (Å²) < 4.78 is 11.9. The molecule has 0 fully saturated rings. The maximum Gasteiger partial charge on any atom is 0.271 e. The number of hydrogen-bond acceptors (Lipinski definition) is 4. The minimum absolute atomic E-state index is 0.0216. The largest absolute Gasteiger partial charge is 0.493 e. The first-order valence-electron chi connectivity index (χ1n) is 7.43. The predicted octanol–water partition coefficient (Wildman–Crippen LogP) is 4.01. The number of rotatable bonds is 6. The van der Waals surface area contributed by atoms with Crippen molar-refractivity contribution >= 4 is 28.1 Å². The number of amides is 1. The van der Waals surface area contributed by atoms with Crippen LogP contribution in [-0.2, 0) is 0 Å². The topological polar surface area (TPSA) is 59.9 Å². The molecule has 0 atom stereocenters. The minimum atomic E-state index is -0.323. The van der Waals surface area contributed by atoms with Gasteiger partial charge in [0.05, 0.1) is 19.4 Å². The van der Waals surface area contributed by atoms with E-state index >= 15 is 0 Å². The molecule has 0 heterocycles. The summed E-state index contributed by atoms with van der Waals surface area (Å²) in [4.78, 5) is 12.2. The SMILES string of the molecule is COc1cc(C(=O)N/N=C\c2cccc(Br)c2)ccc1OC(C)C. The highest BCUT2D eigenvalue weighted by molar-refractivity contribution is 9.10. The van der Waals surface area contributed by atoms with E-state index in [1.807, 2.05) is 38.1 Å². The van der Waals surface area contributed by atoms with Crippen LogP contribution >= 0.6 is 15.9 Å². The Morgan fingerprint density at radius 1 is 1.21 bits per heavy atom. The molecule has 0 saturated carbocycles. The average Bonchev–Trinajstić information content (AvgIpc) is 2.54. The number of carbonyl (C=O) groups excluding carboxylic acids is 1. The summed E-state index contributed by atoms with van der Waals surface area (Å²) in [6, 6.07) is 12.6. The summed E-state index contributed by atoms with van der Waals surface area (Å²) in [7, 11) is 1.54. The summed E-state index contributed by atoms with van der Waals surface area (Å²) in [5, 5.41) is 3.97. The fourth-order valence-electron chi connectivity index (χ4n) is 1.98. The van der Waals surface area contributed by atoms with Crippen molar-refractivity contribution in [2.24, 2.45) is 5.10 Å². The number of ether oxygens (including phenoxy) is 2. The van der Waals surface area contributed by atoms with Gasteiger partial charge in [-0.2, -0.15) is 5.10 Å². The molecule has 1 amide bonds. The van der Waals surface area contributed by atoms with Gasteiger partial charge in [-0.25, -0.2) is 5.43 Å². The van der Waals surface area contributed by atoms with Gasteiger partial charge in [-0.3, -0.25) is 4.79 Å². The second-order valence-electron chi connectivity index (χ2n) is 5.29. The fourth-order valence-corrected chi connectivity index (χ4v) is 2.39. The quantitative estimate of drug-likeness (QED) is 0.598. The number of benzene rings is 2. The second kappa shape index (κ2) is 8.49. The molecule has 0 saturated heterocycles. The number of carbonyl (C=O) groups is 1. The molecule has 1 N–H and O–H groups in total. The molecule has 126 valence electrons. The van der Waals surface area contributed by atoms with Crippen molar-refractivity contribution < 1.29 is 14.3 Å². The van der Waals surface area contributed by atoms with Crippen molar-refractivity contribution in [1.29, 1.82) is 0 Å². The molecule has 5 nitrogen and oxygen atoms in total. The lowest BCUT2D eigenvalue weighted by molar-refractivity contribution is 0.0954. The maximum atomic E-state index is 12.2. The van der Waals surface area contributed by atoms with Crippen molar-refractivity contribution in [3.05, 3.63) is 58.1 Å². The van der Waals surface area contributed by atoms with E-state index in [2.05, 4.69) is 26.5 Å². The van der Waals surface area contributed by atoms with Crippen molar-refractivity contribution in [1.82, 2.24) is 5.43 Å². The Labute approximate surface area is 149 Å². The number of hydrazone groups is 1. The molecular weight excluding hydrogens is 372 g/mol. The molecule has 0 aliphatic heterocycles. The van der Waals surface area contributed by atoms with E-state index in [1.54, 1.807) is 24.4 Å². The van der Waals surface area contributed by atoms with E-state index in [4.69, 9.17) is 9.47 Å². The Morgan fingerprint density at radius 2 is 2.00 bits per heavy atom. The summed E-state index contributed by atoms with van der Waals surface area (Å²) in [6.07, 6.45) is 1.60. The van der Waals surface area contributed by atoms with Crippen LogP contribution in [0.2, 0.25) is 0 Å². The standard InChI is InChI=1S/C18H19BrN2O3/c1-12(2)24-16-8-7-14(10-17(16)23-3)18(22)21-20-11-13-5-4-6-15(19)9-13/h4-12H,1-3H3,(H,21,22)/b20-11-. The summed E-state index contributed by atoms with van der Waals surface area (Å²) in [6.45, 7) is 3.85. The lowest BCUT2D eigenvalue weighted by Crippen LogP contribution is -2.18. The average molecular weight is 391 g/mol. The van der Waals surface area contributed by atoms with Crippen LogP contribution in [0.25, 0.3) is 0 Å². The molecule has 0 radical (unpaired) electrons. The zero-order chi connectivity index (χ0) is 17.5. The third kappa shape index (κ3) is 5.09. The third-order valence-corrected chi connectivity index (χ3v) is 3.51. The normalized spacial score (nSPS) is 10.9. The Balaban J connectivity index is 2.06. The molecule has 2 rings (SSSR count). The van der Waals surface area contributed by atoms with Gasteiger partial charge in [0.1, 0.15) is 0 Å². The van der Waals surface area contributed by atoms with Crippen molar-refractivity contribution in [2.45, 2.75) is 20.0 Å². The molecule has 0 spiro atoms. The summed E-state index contributed by atoms with van der Waals surface area (Å²) >= 11 is 3.38. The van der Waals surface area contributed by atoms with Crippen LogP contribution in [0.15, 0.2) is 52.0 Å². The number of hydrogen-bond donors (Lipinski definition) is 1. The molecule has 2 aromatic rings. The van der Waals surface area contributed by atoms with E-state index in [0.717, 1.165) is 10.0 Å². The molecule has 0 aliphatic carbocycles. The van der Waals surface area contributed by atoms with Crippen LogP contribution in [0.3, 0.4) is 0 Å². The Bertz CT molecular complexity index is 745. The molecule has 24 heavy (non-hydrogen) atoms. The first kappa shape index (κ1) is 18.0. The Morgan fingerprint density at radius 3 is 2.67 bits per heavy atom. The van der Waals surface area contributed by atoms with Gasteiger partial charge in [-0.15, -0.1) is 0 Å². The van der Waals surface area contributed by atoms with Crippen LogP contribution in [0.1, 0.15) is 29.8 Å². The molecule has 0 aliphatic rings. The van der Waals surface area contributed by atoms with Gasteiger partial charge in [-0.1, -0.05) is 28.1 Å². The number of halogens is 1. The van der Waals surface area contributed by atoms with Crippen LogP contribution in [-0.4, -0.2) is 25.3 Å². The molecular formula is C18H19BrN2O3. The minimum Gasteiger partial charge on any atom is -0.493 e. The van der Waals surface area contributed by atoms with Gasteiger partial charge >= 0.3 is 0 Å². The molecule has 6 heteroatoms. The highest BCUT2D eigenvalue weighted by atomic mass is 79.9. The lowest BCUT2D eigenvalue weighted by Gasteiger charge is -2.14. The van der Waals surface area contributed by atoms with Crippen molar-refractivity contribution in [3.63, 3.8) is 0 Å². The highest BCUT2D eigenvalue weighted by Gasteiger charge is 2.11. The maximum absolute atomic E-state index is 12.2. The highest BCUT2D eigenvalue weighted by Crippen LogP contribution is 2.28. The summed E-state index contributed by atoms with van der Waals surface area (Å²) in [5.74, 6) is 0.782. The summed E-state index contributed by atoms with van der Waals surface area (Å²) in [5.41, 5.74) is 3.81. The fraction of sp³-hybridized carbons (Fsp3) is 0.222. The zero-order valence-corrected chi connectivity index (χ0v) is 15.3. The number of methoxy groups -OCH3 is 1. The van der Waals surface area contributed by atoms with E-state index < -0.39 is 0 Å². The van der Waals surface area contributed by atoms with Crippen molar-refractivity contribution in [3.8, 4) is 11.5 Å². The molecule has 2 aromatic carbocycles. The predicted molar refractivity (Wildman–Crippen MR) is 98.0 cm³/mol. The van der Waals surface area contributed by atoms with Crippen molar-refractivity contribution in [2.75, 3.05) is 7.11 Å². The molecule has 0 unspecified atom stereocenters. The van der Waals surface area contributed by atoms with Gasteiger partial charge in [0, 0.05) is 10.0 Å². The van der Waals surface area contributed by atoms with Gasteiger partial charge in [0.2, 0.25) is 0 Å². The van der Waals surface area contributed by atoms with Crippen LogP contribution < -0.4 is 14.9 Å². The van der Waals surface area contributed by atoms with E-state index in [-0.39, 0.29) is 12.0 Å². The number of nitrogens with one attached hydrogen (secondary N) is 1. The van der Waals surface area contributed by atoms with Gasteiger partial charge in [-0.05, 0) is 49.7 Å². The zero-order valence-electron chi connectivity index (χ0n) is 13.7. The van der Waals surface area contributed by atoms with E-state index in [1.165, 1.54) is 7.11 Å². The monoisotopic (exact) mass is 390 g/mol. The van der Waals surface area contributed by atoms with E-state index in [0.29, 0.717) is 17.1 Å². The lowest BCUT2D eigenvalue weighted by atomic mass is 10.2. The van der Waals surface area contributed by atoms with Gasteiger partial charge in [0.15, 0.2) is 11.5 Å². The number of nitrogens with zero attached hydrogens (tertiary/aromatic N) is 1. The smallest absolute Gasteiger partial charge is 0.271 e.